The number of hydrogen-bond acceptors (Lipinski definition) is 6. The largest absolute Gasteiger partial charge is 0.485 e. The molecule has 0 unspecified atom stereocenters. The van der Waals surface area contributed by atoms with Crippen LogP contribution in [0.5, 0.6) is 5.75 Å². The first-order valence-corrected chi connectivity index (χ1v) is 7.88. The number of aromatic nitrogens is 2. The van der Waals surface area contributed by atoms with Crippen LogP contribution in [0.25, 0.3) is 0 Å². The number of carbonyl (C=O) groups excluding carboxylic acids is 2. The van der Waals surface area contributed by atoms with Gasteiger partial charge in [-0.15, -0.1) is 0 Å². The number of rotatable bonds is 3. The van der Waals surface area contributed by atoms with E-state index in [9.17, 15) is 14.7 Å². The van der Waals surface area contributed by atoms with E-state index in [4.69, 9.17) is 4.74 Å². The summed E-state index contributed by atoms with van der Waals surface area (Å²) in [6, 6.07) is 4.24. The Hall–Kier alpha value is -2.80. The van der Waals surface area contributed by atoms with Gasteiger partial charge in [0.25, 0.3) is 5.91 Å². The fourth-order valence-corrected chi connectivity index (χ4v) is 2.81. The van der Waals surface area contributed by atoms with Crippen LogP contribution in [0.2, 0.25) is 0 Å². The molecule has 2 heterocycles. The summed E-state index contributed by atoms with van der Waals surface area (Å²) >= 11 is 0. The van der Waals surface area contributed by atoms with Crippen LogP contribution in [-0.2, 0) is 0 Å². The van der Waals surface area contributed by atoms with Crippen LogP contribution in [0.1, 0.15) is 53.2 Å². The first kappa shape index (κ1) is 17.0. The van der Waals surface area contributed by atoms with Gasteiger partial charge in [0.2, 0.25) is 0 Å². The number of nitrogens with one attached hydrogen (secondary N) is 1. The van der Waals surface area contributed by atoms with Crippen LogP contribution in [-0.4, -0.2) is 38.5 Å². The van der Waals surface area contributed by atoms with Gasteiger partial charge in [0.1, 0.15) is 23.1 Å². The Morgan fingerprint density at radius 1 is 1.28 bits per heavy atom. The molecule has 0 bridgehead atoms. The van der Waals surface area contributed by atoms with Crippen LogP contribution in [0.15, 0.2) is 36.8 Å². The molecule has 2 atom stereocenters. The second-order valence-electron chi connectivity index (χ2n) is 6.50. The van der Waals surface area contributed by atoms with Gasteiger partial charge in [-0.25, -0.2) is 4.98 Å². The molecule has 25 heavy (non-hydrogen) atoms. The Kier molecular flexibility index (Phi) is 4.26. The van der Waals surface area contributed by atoms with E-state index in [2.05, 4.69) is 15.3 Å². The lowest BCUT2D eigenvalue weighted by Gasteiger charge is -2.42. The van der Waals surface area contributed by atoms with E-state index in [-0.39, 0.29) is 11.5 Å². The molecular weight excluding hydrogens is 322 g/mol. The van der Waals surface area contributed by atoms with Crippen molar-refractivity contribution in [3.05, 3.63) is 53.6 Å². The second kappa shape index (κ2) is 6.25. The quantitative estimate of drug-likeness (QED) is 0.824. The summed E-state index contributed by atoms with van der Waals surface area (Å²) in [6.45, 7) is 4.93. The van der Waals surface area contributed by atoms with Gasteiger partial charge in [-0.05, 0) is 39.0 Å². The third kappa shape index (κ3) is 3.23. The van der Waals surface area contributed by atoms with Crippen molar-refractivity contribution in [1.82, 2.24) is 15.3 Å². The number of amides is 1. The summed E-state index contributed by atoms with van der Waals surface area (Å²) in [5.74, 6) is -0.0556. The molecule has 7 heteroatoms. The topological polar surface area (TPSA) is 101 Å². The van der Waals surface area contributed by atoms with Gasteiger partial charge in [-0.1, -0.05) is 0 Å². The lowest BCUT2D eigenvalue weighted by molar-refractivity contribution is -0.0628. The summed E-state index contributed by atoms with van der Waals surface area (Å²) in [4.78, 5) is 32.0. The highest BCUT2D eigenvalue weighted by Gasteiger charge is 2.43. The van der Waals surface area contributed by atoms with Gasteiger partial charge in [0, 0.05) is 23.5 Å². The number of fused-ring (bicyclic) bond motifs is 1. The third-order valence-electron chi connectivity index (χ3n) is 4.23. The molecule has 1 aliphatic heterocycles. The van der Waals surface area contributed by atoms with Crippen molar-refractivity contribution in [2.24, 2.45) is 0 Å². The van der Waals surface area contributed by atoms with Crippen molar-refractivity contribution >= 4 is 11.7 Å². The Balaban J connectivity index is 2.00. The fourth-order valence-electron chi connectivity index (χ4n) is 2.81. The van der Waals surface area contributed by atoms with Crippen LogP contribution in [0, 0.1) is 0 Å². The highest BCUT2D eigenvalue weighted by Crippen LogP contribution is 2.40. The molecule has 1 amide bonds. The van der Waals surface area contributed by atoms with Crippen molar-refractivity contribution < 1.29 is 19.4 Å². The minimum atomic E-state index is -1.01. The molecule has 0 radical (unpaired) electrons. The van der Waals surface area contributed by atoms with Crippen molar-refractivity contribution in [3.8, 4) is 5.75 Å². The molecule has 2 N–H and O–H groups in total. The first-order chi connectivity index (χ1) is 11.8. The molecule has 2 aromatic rings. The molecule has 0 fully saturated rings. The SMILES string of the molecule is CC(=O)c1ccc2c(c1)[C@H](NC(=O)c1cnccn1)[C@@H](O)C(C)(C)O2. The normalized spacial score (nSPS) is 21.0. The number of carbonyl (C=O) groups is 2. The van der Waals surface area contributed by atoms with E-state index in [0.29, 0.717) is 16.9 Å². The molecule has 0 saturated carbocycles. The van der Waals surface area contributed by atoms with Gasteiger partial charge >= 0.3 is 0 Å². The summed E-state index contributed by atoms with van der Waals surface area (Å²) in [6.07, 6.45) is 3.22. The van der Waals surface area contributed by atoms with E-state index < -0.39 is 23.7 Å². The van der Waals surface area contributed by atoms with E-state index in [1.165, 1.54) is 25.5 Å². The predicted octanol–water partition coefficient (Wildman–Crippen LogP) is 1.68. The lowest BCUT2D eigenvalue weighted by Crippen LogP contribution is -2.53. The molecular formula is C18H19N3O4. The molecule has 0 aliphatic carbocycles. The van der Waals surface area contributed by atoms with Gasteiger partial charge in [-0.2, -0.15) is 0 Å². The number of aliphatic hydroxyl groups is 1. The minimum Gasteiger partial charge on any atom is -0.485 e. The Morgan fingerprint density at radius 2 is 2.04 bits per heavy atom. The number of nitrogens with zero attached hydrogens (tertiary/aromatic N) is 2. The fraction of sp³-hybridized carbons (Fsp3) is 0.333. The van der Waals surface area contributed by atoms with E-state index in [0.717, 1.165) is 0 Å². The van der Waals surface area contributed by atoms with Crippen LogP contribution in [0.3, 0.4) is 0 Å². The maximum absolute atomic E-state index is 12.5. The highest BCUT2D eigenvalue weighted by atomic mass is 16.5. The smallest absolute Gasteiger partial charge is 0.272 e. The zero-order chi connectivity index (χ0) is 18.2. The first-order valence-electron chi connectivity index (χ1n) is 7.88. The second-order valence-corrected chi connectivity index (χ2v) is 6.50. The van der Waals surface area contributed by atoms with Gasteiger partial charge in [0.05, 0.1) is 12.2 Å². The van der Waals surface area contributed by atoms with E-state index in [1.807, 2.05) is 0 Å². The van der Waals surface area contributed by atoms with Crippen molar-refractivity contribution in [3.63, 3.8) is 0 Å². The number of ether oxygens (including phenoxy) is 1. The zero-order valence-corrected chi connectivity index (χ0v) is 14.2. The maximum atomic E-state index is 12.5. The number of benzene rings is 1. The standard InChI is InChI=1S/C18H19N3O4/c1-10(22)11-4-5-14-12(8-11)15(16(23)18(2,3)25-14)21-17(24)13-9-19-6-7-20-13/h4-9,15-16,23H,1-3H3,(H,21,24)/t15-,16+/m0/s1. The monoisotopic (exact) mass is 341 g/mol. The maximum Gasteiger partial charge on any atom is 0.272 e. The van der Waals surface area contributed by atoms with Crippen LogP contribution >= 0.6 is 0 Å². The van der Waals surface area contributed by atoms with Gasteiger partial charge < -0.3 is 15.2 Å². The van der Waals surface area contributed by atoms with Gasteiger partial charge in [0.15, 0.2) is 5.78 Å². The zero-order valence-electron chi connectivity index (χ0n) is 14.2. The summed E-state index contributed by atoms with van der Waals surface area (Å²) in [7, 11) is 0. The van der Waals surface area contributed by atoms with Crippen LogP contribution < -0.4 is 10.1 Å². The Labute approximate surface area is 145 Å². The highest BCUT2D eigenvalue weighted by molar-refractivity contribution is 5.95. The molecule has 1 aromatic heterocycles. The predicted molar refractivity (Wildman–Crippen MR) is 89.4 cm³/mol. The van der Waals surface area contributed by atoms with E-state index in [1.54, 1.807) is 32.0 Å². The molecule has 7 nitrogen and oxygen atoms in total. The number of Topliss-reactive ketones (excluding diaryl/α,β-unsaturated/α-hetero) is 1. The number of aliphatic hydroxyl groups excluding tert-OH is 1. The van der Waals surface area contributed by atoms with E-state index >= 15 is 0 Å². The average Bonchev–Trinajstić information content (AvgIpc) is 2.59. The average molecular weight is 341 g/mol. The molecule has 0 spiro atoms. The van der Waals surface area contributed by atoms with Gasteiger partial charge in [-0.3, -0.25) is 14.6 Å². The van der Waals surface area contributed by atoms with Crippen LogP contribution in [0.4, 0.5) is 0 Å². The Morgan fingerprint density at radius 3 is 2.68 bits per heavy atom. The molecule has 0 saturated heterocycles. The van der Waals surface area contributed by atoms with Crippen molar-refractivity contribution in [2.45, 2.75) is 38.5 Å². The summed E-state index contributed by atoms with van der Waals surface area (Å²) in [5, 5.41) is 13.5. The van der Waals surface area contributed by atoms with Crippen molar-refractivity contribution in [1.29, 1.82) is 0 Å². The van der Waals surface area contributed by atoms with Crippen molar-refractivity contribution in [2.75, 3.05) is 0 Å². The minimum absolute atomic E-state index is 0.110. The molecule has 1 aliphatic rings. The number of hydrogen-bond donors (Lipinski definition) is 2. The molecule has 1 aromatic carbocycles. The molecule has 130 valence electrons. The summed E-state index contributed by atoms with van der Waals surface area (Å²) in [5.41, 5.74) is 0.262. The summed E-state index contributed by atoms with van der Waals surface area (Å²) < 4.78 is 5.84. The molecule has 3 rings (SSSR count). The lowest BCUT2D eigenvalue weighted by atomic mass is 9.85. The Bertz CT molecular complexity index is 820. The third-order valence-corrected chi connectivity index (χ3v) is 4.23. The number of ketones is 1.